The summed E-state index contributed by atoms with van der Waals surface area (Å²) in [6, 6.07) is 9.09. The predicted molar refractivity (Wildman–Crippen MR) is 87.6 cm³/mol. The number of nitrogens with one attached hydrogen (secondary N) is 1. The second-order valence-corrected chi connectivity index (χ2v) is 5.17. The number of methoxy groups -OCH3 is 1. The van der Waals surface area contributed by atoms with E-state index in [2.05, 4.69) is 15.2 Å². The lowest BCUT2D eigenvalue weighted by Crippen LogP contribution is -2.11. The molecule has 136 valence electrons. The number of hydrogen-bond acceptors (Lipinski definition) is 5. The van der Waals surface area contributed by atoms with Crippen LogP contribution in [-0.4, -0.2) is 29.4 Å². The molecule has 0 unspecified atom stereocenters. The molecule has 0 fully saturated rings. The third kappa shape index (κ3) is 4.18. The maximum absolute atomic E-state index is 12.3. The zero-order valence-electron chi connectivity index (χ0n) is 13.7. The van der Waals surface area contributed by atoms with Crippen molar-refractivity contribution in [2.24, 2.45) is 0 Å². The molecule has 3 rings (SSSR count). The van der Waals surface area contributed by atoms with Crippen LogP contribution < -0.4 is 14.8 Å². The van der Waals surface area contributed by atoms with Gasteiger partial charge in [-0.15, -0.1) is 0 Å². The molecule has 2 heterocycles. The summed E-state index contributed by atoms with van der Waals surface area (Å²) in [6.45, 7) is -2.58. The van der Waals surface area contributed by atoms with E-state index in [1.54, 1.807) is 35.3 Å². The first-order chi connectivity index (χ1) is 12.5. The average Bonchev–Trinajstić information content (AvgIpc) is 3.28. The second-order valence-electron chi connectivity index (χ2n) is 5.17. The van der Waals surface area contributed by atoms with Crippen molar-refractivity contribution >= 4 is 11.6 Å². The number of alkyl halides is 2. The number of nitrogens with zero attached hydrogens (tertiary/aromatic N) is 2. The van der Waals surface area contributed by atoms with Gasteiger partial charge in [-0.05, 0) is 30.3 Å². The number of carbonyl (C=O) groups is 1. The lowest BCUT2D eigenvalue weighted by Gasteiger charge is -2.11. The molecule has 1 aromatic carbocycles. The number of aromatic nitrogens is 2. The highest BCUT2D eigenvalue weighted by Crippen LogP contribution is 2.31. The summed E-state index contributed by atoms with van der Waals surface area (Å²) in [5.41, 5.74) is 0.346. The van der Waals surface area contributed by atoms with Crippen LogP contribution in [-0.2, 0) is 6.54 Å². The van der Waals surface area contributed by atoms with E-state index >= 15 is 0 Å². The molecule has 0 radical (unpaired) electrons. The molecule has 0 atom stereocenters. The van der Waals surface area contributed by atoms with Gasteiger partial charge in [0.15, 0.2) is 17.3 Å². The molecule has 0 saturated carbocycles. The summed E-state index contributed by atoms with van der Waals surface area (Å²) in [7, 11) is 1.31. The van der Waals surface area contributed by atoms with Crippen LogP contribution in [0.15, 0.2) is 53.2 Å². The maximum atomic E-state index is 12.3. The van der Waals surface area contributed by atoms with E-state index in [1.807, 2.05) is 0 Å². The van der Waals surface area contributed by atoms with Gasteiger partial charge in [0.25, 0.3) is 5.91 Å². The van der Waals surface area contributed by atoms with E-state index in [0.717, 1.165) is 0 Å². The van der Waals surface area contributed by atoms with E-state index < -0.39 is 12.5 Å². The Morgan fingerprint density at radius 3 is 2.85 bits per heavy atom. The standard InChI is InChI=1S/C17H15F2N3O4/c1-24-15-9-11(3-5-13(15)26-17(18)19)21-16(23)14-6-4-12(25-14)10-22-8-2-7-20-22/h2-9,17H,10H2,1H3,(H,21,23). The number of carbonyl (C=O) groups excluding carboxylic acids is 1. The fraction of sp³-hybridized carbons (Fsp3) is 0.176. The fourth-order valence-electron chi connectivity index (χ4n) is 2.27. The molecule has 3 aromatic rings. The van der Waals surface area contributed by atoms with Crippen LogP contribution in [0.25, 0.3) is 0 Å². The number of anilines is 1. The maximum Gasteiger partial charge on any atom is 0.387 e. The number of rotatable bonds is 7. The van der Waals surface area contributed by atoms with Crippen LogP contribution >= 0.6 is 0 Å². The van der Waals surface area contributed by atoms with Gasteiger partial charge in [-0.25, -0.2) is 0 Å². The van der Waals surface area contributed by atoms with Gasteiger partial charge < -0.3 is 19.2 Å². The third-order valence-electron chi connectivity index (χ3n) is 3.40. The Morgan fingerprint density at radius 1 is 1.31 bits per heavy atom. The fourth-order valence-corrected chi connectivity index (χ4v) is 2.27. The van der Waals surface area contributed by atoms with Crippen LogP contribution in [0.1, 0.15) is 16.3 Å². The van der Waals surface area contributed by atoms with Crippen molar-refractivity contribution in [2.45, 2.75) is 13.2 Å². The molecule has 0 bridgehead atoms. The van der Waals surface area contributed by atoms with Crippen molar-refractivity contribution in [3.63, 3.8) is 0 Å². The van der Waals surface area contributed by atoms with Crippen LogP contribution in [0.3, 0.4) is 0 Å². The van der Waals surface area contributed by atoms with Gasteiger partial charge in [0.2, 0.25) is 0 Å². The predicted octanol–water partition coefficient (Wildman–Crippen LogP) is 3.39. The number of furan rings is 1. The Morgan fingerprint density at radius 2 is 2.15 bits per heavy atom. The largest absolute Gasteiger partial charge is 0.493 e. The quantitative estimate of drug-likeness (QED) is 0.696. The zero-order chi connectivity index (χ0) is 18.5. The number of benzene rings is 1. The van der Waals surface area contributed by atoms with E-state index in [4.69, 9.17) is 9.15 Å². The first-order valence-electron chi connectivity index (χ1n) is 7.55. The van der Waals surface area contributed by atoms with Gasteiger partial charge in [-0.1, -0.05) is 0 Å². The SMILES string of the molecule is COc1cc(NC(=O)c2ccc(Cn3cccn3)o2)ccc1OC(F)F. The smallest absolute Gasteiger partial charge is 0.387 e. The highest BCUT2D eigenvalue weighted by atomic mass is 19.3. The van der Waals surface area contributed by atoms with Crippen molar-refractivity contribution in [2.75, 3.05) is 12.4 Å². The van der Waals surface area contributed by atoms with E-state index in [0.29, 0.717) is 18.0 Å². The Balaban J connectivity index is 1.68. The molecule has 0 aliphatic carbocycles. The molecule has 0 spiro atoms. The Hall–Kier alpha value is -3.36. The van der Waals surface area contributed by atoms with Gasteiger partial charge in [0.05, 0.1) is 13.7 Å². The highest BCUT2D eigenvalue weighted by molar-refractivity contribution is 6.02. The number of amides is 1. The first-order valence-corrected chi connectivity index (χ1v) is 7.55. The molecule has 1 amide bonds. The molecular weight excluding hydrogens is 348 g/mol. The second kappa shape index (κ2) is 7.68. The van der Waals surface area contributed by atoms with E-state index in [1.165, 1.54) is 25.3 Å². The third-order valence-corrected chi connectivity index (χ3v) is 3.40. The van der Waals surface area contributed by atoms with Crippen molar-refractivity contribution < 1.29 is 27.5 Å². The summed E-state index contributed by atoms with van der Waals surface area (Å²) in [4.78, 5) is 12.3. The van der Waals surface area contributed by atoms with Crippen molar-refractivity contribution in [3.05, 3.63) is 60.3 Å². The van der Waals surface area contributed by atoms with E-state index in [-0.39, 0.29) is 17.3 Å². The first kappa shape index (κ1) is 17.5. The summed E-state index contributed by atoms with van der Waals surface area (Å²) in [6.07, 6.45) is 3.42. The summed E-state index contributed by atoms with van der Waals surface area (Å²) in [5, 5.41) is 6.67. The highest BCUT2D eigenvalue weighted by Gasteiger charge is 2.15. The number of halogens is 2. The Bertz CT molecular complexity index is 878. The van der Waals surface area contributed by atoms with Crippen LogP contribution in [0, 0.1) is 0 Å². The lowest BCUT2D eigenvalue weighted by atomic mass is 10.2. The van der Waals surface area contributed by atoms with Crippen LogP contribution in [0.5, 0.6) is 11.5 Å². The zero-order valence-corrected chi connectivity index (χ0v) is 13.7. The molecule has 0 saturated heterocycles. The van der Waals surface area contributed by atoms with E-state index in [9.17, 15) is 13.6 Å². The Labute approximate surface area is 147 Å². The lowest BCUT2D eigenvalue weighted by molar-refractivity contribution is -0.0512. The number of ether oxygens (including phenoxy) is 2. The van der Waals surface area contributed by atoms with Gasteiger partial charge in [-0.2, -0.15) is 13.9 Å². The molecule has 0 aliphatic heterocycles. The van der Waals surface area contributed by atoms with Crippen LogP contribution in [0.4, 0.5) is 14.5 Å². The Kier molecular flexibility index (Phi) is 5.16. The monoisotopic (exact) mass is 363 g/mol. The van der Waals surface area contributed by atoms with Crippen molar-refractivity contribution in [1.82, 2.24) is 9.78 Å². The van der Waals surface area contributed by atoms with Gasteiger partial charge in [-0.3, -0.25) is 9.48 Å². The molecule has 0 aliphatic rings. The van der Waals surface area contributed by atoms with Gasteiger partial charge in [0.1, 0.15) is 5.76 Å². The number of hydrogen-bond donors (Lipinski definition) is 1. The van der Waals surface area contributed by atoms with Crippen LogP contribution in [0.2, 0.25) is 0 Å². The average molecular weight is 363 g/mol. The topological polar surface area (TPSA) is 78.5 Å². The summed E-state index contributed by atoms with van der Waals surface area (Å²) >= 11 is 0. The van der Waals surface area contributed by atoms with Crippen molar-refractivity contribution in [3.8, 4) is 11.5 Å². The molecule has 7 nitrogen and oxygen atoms in total. The molecular formula is C17H15F2N3O4. The molecule has 2 aromatic heterocycles. The molecule has 9 heteroatoms. The molecule has 1 N–H and O–H groups in total. The van der Waals surface area contributed by atoms with Gasteiger partial charge in [0, 0.05) is 24.1 Å². The minimum absolute atomic E-state index is 0.0712. The van der Waals surface area contributed by atoms with Gasteiger partial charge >= 0.3 is 6.61 Å². The minimum atomic E-state index is -2.97. The normalized spacial score (nSPS) is 10.8. The summed E-state index contributed by atoms with van der Waals surface area (Å²) < 4.78 is 41.2. The minimum Gasteiger partial charge on any atom is -0.493 e. The molecule has 26 heavy (non-hydrogen) atoms. The van der Waals surface area contributed by atoms with Crippen molar-refractivity contribution in [1.29, 1.82) is 0 Å². The summed E-state index contributed by atoms with van der Waals surface area (Å²) in [5.74, 6) is 0.138.